The third-order valence-electron chi connectivity index (χ3n) is 3.73. The fourth-order valence-corrected chi connectivity index (χ4v) is 2.61. The van der Waals surface area contributed by atoms with Crippen LogP contribution in [0.5, 0.6) is 0 Å². The number of nitrogens with one attached hydrogen (secondary N) is 1. The Labute approximate surface area is 124 Å². The molecule has 1 aliphatic heterocycles. The van der Waals surface area contributed by atoms with Gasteiger partial charge in [-0.1, -0.05) is 18.2 Å². The number of para-hydroxylation sites is 1. The number of benzene rings is 1. The van der Waals surface area contributed by atoms with E-state index >= 15 is 0 Å². The van der Waals surface area contributed by atoms with Gasteiger partial charge < -0.3 is 10.2 Å². The Morgan fingerprint density at radius 3 is 2.81 bits per heavy atom. The van der Waals surface area contributed by atoms with Gasteiger partial charge in [0.05, 0.1) is 12.4 Å². The van der Waals surface area contributed by atoms with E-state index in [1.165, 1.54) is 11.8 Å². The number of aromatic nitrogens is 2. The first-order valence-corrected chi connectivity index (χ1v) is 7.19. The van der Waals surface area contributed by atoms with E-state index < -0.39 is 0 Å². The molecule has 0 unspecified atom stereocenters. The molecule has 2 aromatic rings. The minimum Gasteiger partial charge on any atom is -0.372 e. The molecule has 1 aliphatic rings. The van der Waals surface area contributed by atoms with Crippen molar-refractivity contribution in [1.29, 1.82) is 0 Å². The molecule has 0 aliphatic carbocycles. The van der Waals surface area contributed by atoms with Crippen molar-refractivity contribution >= 4 is 17.4 Å². The number of hydrogen-bond acceptors (Lipinski definition) is 4. The summed E-state index contributed by atoms with van der Waals surface area (Å²) in [6.07, 6.45) is 6.23. The van der Waals surface area contributed by atoms with E-state index in [0.29, 0.717) is 11.5 Å². The topological polar surface area (TPSA) is 58.1 Å². The van der Waals surface area contributed by atoms with Gasteiger partial charge in [-0.05, 0) is 30.9 Å². The number of fused-ring (bicyclic) bond motifs is 1. The predicted molar refractivity (Wildman–Crippen MR) is 82.6 cm³/mol. The molecule has 2 heterocycles. The summed E-state index contributed by atoms with van der Waals surface area (Å²) >= 11 is 0. The molecule has 0 atom stereocenters. The second-order valence-corrected chi connectivity index (χ2v) is 5.08. The number of anilines is 2. The van der Waals surface area contributed by atoms with E-state index in [2.05, 4.69) is 21.4 Å². The number of aryl methyl sites for hydroxylation is 1. The number of nitrogens with zero attached hydrogens (tertiary/aromatic N) is 3. The van der Waals surface area contributed by atoms with E-state index in [4.69, 9.17) is 0 Å². The molecule has 0 spiro atoms. The van der Waals surface area contributed by atoms with Crippen molar-refractivity contribution in [2.45, 2.75) is 19.3 Å². The summed E-state index contributed by atoms with van der Waals surface area (Å²) < 4.78 is 0. The minimum absolute atomic E-state index is 0.0838. The van der Waals surface area contributed by atoms with Crippen molar-refractivity contribution < 1.29 is 4.79 Å². The van der Waals surface area contributed by atoms with Crippen LogP contribution in [0.15, 0.2) is 36.7 Å². The molecule has 0 fully saturated rings. The van der Waals surface area contributed by atoms with E-state index in [1.807, 2.05) is 23.1 Å². The van der Waals surface area contributed by atoms with Gasteiger partial charge in [-0.15, -0.1) is 0 Å². The normalized spacial score (nSPS) is 14.2. The molecular formula is C16H18N4O. The number of amides is 1. The summed E-state index contributed by atoms with van der Waals surface area (Å²) in [4.78, 5) is 22.9. The Bertz CT molecular complexity index is 639. The zero-order chi connectivity index (χ0) is 14.7. The van der Waals surface area contributed by atoms with Gasteiger partial charge in [0.15, 0.2) is 0 Å². The second-order valence-electron chi connectivity index (χ2n) is 5.08. The maximum atomic E-state index is 12.7. The maximum absolute atomic E-state index is 12.7. The highest BCUT2D eigenvalue weighted by atomic mass is 16.2. The molecule has 1 aromatic heterocycles. The Morgan fingerprint density at radius 1 is 1.19 bits per heavy atom. The monoisotopic (exact) mass is 282 g/mol. The average Bonchev–Trinajstić information content (AvgIpc) is 2.77. The van der Waals surface area contributed by atoms with E-state index in [0.717, 1.165) is 31.5 Å². The summed E-state index contributed by atoms with van der Waals surface area (Å²) in [5, 5.41) is 2.90. The van der Waals surface area contributed by atoms with Gasteiger partial charge in [0.2, 0.25) is 0 Å². The van der Waals surface area contributed by atoms with Gasteiger partial charge in [-0.3, -0.25) is 4.79 Å². The molecule has 3 rings (SSSR count). The lowest BCUT2D eigenvalue weighted by molar-refractivity contribution is 0.0982. The van der Waals surface area contributed by atoms with Crippen LogP contribution in [0.1, 0.15) is 28.9 Å². The third-order valence-corrected chi connectivity index (χ3v) is 3.73. The highest BCUT2D eigenvalue weighted by molar-refractivity contribution is 6.05. The standard InChI is InChI=1S/C16H18N4O/c1-17-15-11-18-13(10-19-15)16(21)20-9-5-4-7-12-6-2-3-8-14(12)20/h2-3,6,8,10-11H,4-5,7,9H2,1H3,(H,17,19). The van der Waals surface area contributed by atoms with Crippen molar-refractivity contribution in [2.75, 3.05) is 23.8 Å². The van der Waals surface area contributed by atoms with Crippen molar-refractivity contribution in [3.05, 3.63) is 47.9 Å². The smallest absolute Gasteiger partial charge is 0.278 e. The zero-order valence-corrected chi connectivity index (χ0v) is 12.0. The Morgan fingerprint density at radius 2 is 2.05 bits per heavy atom. The SMILES string of the molecule is CNc1cnc(C(=O)N2CCCCc3ccccc32)cn1. The Kier molecular flexibility index (Phi) is 3.81. The van der Waals surface area contributed by atoms with Crippen LogP contribution in [0, 0.1) is 0 Å². The fourth-order valence-electron chi connectivity index (χ4n) is 2.61. The summed E-state index contributed by atoms with van der Waals surface area (Å²) in [5.74, 6) is 0.572. The molecule has 5 nitrogen and oxygen atoms in total. The van der Waals surface area contributed by atoms with E-state index in [9.17, 15) is 4.79 Å². The van der Waals surface area contributed by atoms with Crippen LogP contribution >= 0.6 is 0 Å². The molecule has 108 valence electrons. The molecule has 0 saturated carbocycles. The van der Waals surface area contributed by atoms with Crippen LogP contribution in [-0.2, 0) is 6.42 Å². The van der Waals surface area contributed by atoms with Gasteiger partial charge in [0.25, 0.3) is 5.91 Å². The number of carbonyl (C=O) groups excluding carboxylic acids is 1. The second kappa shape index (κ2) is 5.91. The lowest BCUT2D eigenvalue weighted by Crippen LogP contribution is -2.32. The fraction of sp³-hybridized carbons (Fsp3) is 0.312. The lowest BCUT2D eigenvalue weighted by atomic mass is 10.1. The average molecular weight is 282 g/mol. The first-order chi connectivity index (χ1) is 10.3. The minimum atomic E-state index is -0.0838. The summed E-state index contributed by atoms with van der Waals surface area (Å²) in [5.41, 5.74) is 2.60. The van der Waals surface area contributed by atoms with Crippen LogP contribution < -0.4 is 10.2 Å². The number of rotatable bonds is 2. The summed E-state index contributed by atoms with van der Waals surface area (Å²) in [6, 6.07) is 8.10. The summed E-state index contributed by atoms with van der Waals surface area (Å²) in [6.45, 7) is 0.727. The van der Waals surface area contributed by atoms with Crippen molar-refractivity contribution in [3.8, 4) is 0 Å². The van der Waals surface area contributed by atoms with Crippen LogP contribution in [-0.4, -0.2) is 29.5 Å². The molecule has 1 aromatic carbocycles. The maximum Gasteiger partial charge on any atom is 0.278 e. The predicted octanol–water partition coefficient (Wildman–Crippen LogP) is 2.50. The van der Waals surface area contributed by atoms with Gasteiger partial charge in [-0.25, -0.2) is 9.97 Å². The molecule has 21 heavy (non-hydrogen) atoms. The Balaban J connectivity index is 1.93. The molecule has 1 N–H and O–H groups in total. The molecule has 0 radical (unpaired) electrons. The number of carbonyl (C=O) groups is 1. The molecule has 0 saturated heterocycles. The lowest BCUT2D eigenvalue weighted by Gasteiger charge is -2.22. The third kappa shape index (κ3) is 2.72. The number of hydrogen-bond donors (Lipinski definition) is 1. The molecule has 0 bridgehead atoms. The largest absolute Gasteiger partial charge is 0.372 e. The first-order valence-electron chi connectivity index (χ1n) is 7.19. The highest BCUT2D eigenvalue weighted by Crippen LogP contribution is 2.27. The van der Waals surface area contributed by atoms with Crippen molar-refractivity contribution in [3.63, 3.8) is 0 Å². The molecule has 1 amide bonds. The first kappa shape index (κ1) is 13.5. The van der Waals surface area contributed by atoms with E-state index in [1.54, 1.807) is 13.2 Å². The van der Waals surface area contributed by atoms with Crippen LogP contribution in [0.25, 0.3) is 0 Å². The zero-order valence-electron chi connectivity index (χ0n) is 12.0. The molecule has 5 heteroatoms. The van der Waals surface area contributed by atoms with Crippen molar-refractivity contribution in [2.24, 2.45) is 0 Å². The van der Waals surface area contributed by atoms with Crippen molar-refractivity contribution in [1.82, 2.24) is 9.97 Å². The van der Waals surface area contributed by atoms with E-state index in [-0.39, 0.29) is 5.91 Å². The van der Waals surface area contributed by atoms with Gasteiger partial charge in [-0.2, -0.15) is 0 Å². The quantitative estimate of drug-likeness (QED) is 0.919. The highest BCUT2D eigenvalue weighted by Gasteiger charge is 2.23. The van der Waals surface area contributed by atoms with Crippen LogP contribution in [0.4, 0.5) is 11.5 Å². The summed E-state index contributed by atoms with van der Waals surface area (Å²) in [7, 11) is 1.77. The van der Waals surface area contributed by atoms with Crippen LogP contribution in [0.3, 0.4) is 0 Å². The van der Waals surface area contributed by atoms with Gasteiger partial charge in [0, 0.05) is 19.3 Å². The Hall–Kier alpha value is -2.43. The van der Waals surface area contributed by atoms with Gasteiger partial charge >= 0.3 is 0 Å². The van der Waals surface area contributed by atoms with Crippen LogP contribution in [0.2, 0.25) is 0 Å². The van der Waals surface area contributed by atoms with Gasteiger partial charge in [0.1, 0.15) is 11.5 Å². The molecular weight excluding hydrogens is 264 g/mol.